The Labute approximate surface area is 134 Å². The Morgan fingerprint density at radius 2 is 2.27 bits per heavy atom. The van der Waals surface area contributed by atoms with Gasteiger partial charge in [0.25, 0.3) is 0 Å². The fraction of sp³-hybridized carbons (Fsp3) is 0.467. The first-order valence-corrected chi connectivity index (χ1v) is 7.51. The van der Waals surface area contributed by atoms with E-state index in [0.717, 1.165) is 5.56 Å². The number of methoxy groups -OCH3 is 1. The topological polar surface area (TPSA) is 68.8 Å². The maximum absolute atomic E-state index is 12.4. The van der Waals surface area contributed by atoms with E-state index >= 15 is 0 Å². The maximum Gasteiger partial charge on any atom is 0.317 e. The fourth-order valence-corrected chi connectivity index (χ4v) is 3.37. The van der Waals surface area contributed by atoms with Crippen molar-refractivity contribution in [1.29, 1.82) is 0 Å². The third-order valence-corrected chi connectivity index (χ3v) is 4.21. The number of esters is 1. The summed E-state index contributed by atoms with van der Waals surface area (Å²) in [4.78, 5) is 12.4. The molecule has 0 amide bonds. The summed E-state index contributed by atoms with van der Waals surface area (Å²) in [5.41, 5.74) is -0.111. The molecule has 0 saturated carbocycles. The zero-order valence-corrected chi connectivity index (χ0v) is 13.5. The molecule has 1 fully saturated rings. The maximum atomic E-state index is 12.4. The van der Waals surface area contributed by atoms with E-state index in [1.807, 2.05) is 25.1 Å². The van der Waals surface area contributed by atoms with Gasteiger partial charge in [0.05, 0.1) is 19.8 Å². The minimum atomic E-state index is -0.944. The SMILES string of the molecule is CCOC(=O)[C@@H]1[C@H]2NC(=S)N[C@@]1(C)Oc1ccc(OC)cc12. The lowest BCUT2D eigenvalue weighted by Gasteiger charge is -2.50. The molecule has 2 aliphatic rings. The van der Waals surface area contributed by atoms with Crippen LogP contribution < -0.4 is 20.1 Å². The Bertz CT molecular complexity index is 636. The molecule has 3 atom stereocenters. The number of carbonyl (C=O) groups is 1. The van der Waals surface area contributed by atoms with Gasteiger partial charge in [-0.3, -0.25) is 4.79 Å². The van der Waals surface area contributed by atoms with Crippen LogP contribution in [0.1, 0.15) is 25.5 Å². The van der Waals surface area contributed by atoms with Crippen LogP contribution in [0.25, 0.3) is 0 Å². The van der Waals surface area contributed by atoms with E-state index in [-0.39, 0.29) is 12.0 Å². The molecule has 1 aromatic carbocycles. The number of rotatable bonds is 3. The summed E-state index contributed by atoms with van der Waals surface area (Å²) in [7, 11) is 1.60. The molecule has 22 heavy (non-hydrogen) atoms. The van der Waals surface area contributed by atoms with E-state index in [1.54, 1.807) is 14.0 Å². The van der Waals surface area contributed by atoms with Crippen LogP contribution in [0.2, 0.25) is 0 Å². The summed E-state index contributed by atoms with van der Waals surface area (Å²) >= 11 is 5.24. The van der Waals surface area contributed by atoms with Crippen LogP contribution in [0.5, 0.6) is 11.5 Å². The van der Waals surface area contributed by atoms with Gasteiger partial charge in [0.2, 0.25) is 0 Å². The molecule has 6 nitrogen and oxygen atoms in total. The van der Waals surface area contributed by atoms with E-state index in [2.05, 4.69) is 10.6 Å². The largest absolute Gasteiger partial charge is 0.497 e. The number of benzene rings is 1. The average molecular weight is 322 g/mol. The molecule has 3 rings (SSSR count). The summed E-state index contributed by atoms with van der Waals surface area (Å²) < 4.78 is 16.5. The first-order chi connectivity index (χ1) is 10.5. The summed E-state index contributed by atoms with van der Waals surface area (Å²) in [6, 6.07) is 5.18. The van der Waals surface area contributed by atoms with Gasteiger partial charge in [-0.15, -0.1) is 0 Å². The molecule has 2 aliphatic heterocycles. The normalized spacial score (nSPS) is 28.6. The van der Waals surface area contributed by atoms with Gasteiger partial charge >= 0.3 is 5.97 Å². The third-order valence-electron chi connectivity index (χ3n) is 3.99. The molecular formula is C15H18N2O4S. The first-order valence-electron chi connectivity index (χ1n) is 7.10. The van der Waals surface area contributed by atoms with Gasteiger partial charge < -0.3 is 24.8 Å². The molecule has 0 aliphatic carbocycles. The highest BCUT2D eigenvalue weighted by molar-refractivity contribution is 7.80. The Balaban J connectivity index is 2.09. The van der Waals surface area contributed by atoms with Crippen LogP contribution in [0.3, 0.4) is 0 Å². The lowest BCUT2D eigenvalue weighted by atomic mass is 9.80. The van der Waals surface area contributed by atoms with Crippen molar-refractivity contribution in [2.45, 2.75) is 25.6 Å². The minimum Gasteiger partial charge on any atom is -0.497 e. The second-order valence-corrected chi connectivity index (χ2v) is 5.83. The zero-order chi connectivity index (χ0) is 15.9. The molecule has 2 bridgehead atoms. The molecule has 2 heterocycles. The number of carbonyl (C=O) groups excluding carboxylic acids is 1. The van der Waals surface area contributed by atoms with Gasteiger partial charge in [-0.1, -0.05) is 0 Å². The summed E-state index contributed by atoms with van der Waals surface area (Å²) in [5, 5.41) is 6.65. The van der Waals surface area contributed by atoms with E-state index in [9.17, 15) is 4.79 Å². The molecule has 1 aromatic rings. The summed E-state index contributed by atoms with van der Waals surface area (Å²) in [5.74, 6) is 0.501. The fourth-order valence-electron chi connectivity index (χ4n) is 3.04. The number of fused-ring (bicyclic) bond motifs is 4. The average Bonchev–Trinajstić information content (AvgIpc) is 2.45. The van der Waals surface area contributed by atoms with Gasteiger partial charge in [0.15, 0.2) is 10.8 Å². The predicted molar refractivity (Wildman–Crippen MR) is 83.8 cm³/mol. The molecule has 0 radical (unpaired) electrons. The van der Waals surface area contributed by atoms with Crippen molar-refractivity contribution in [3.05, 3.63) is 23.8 Å². The van der Waals surface area contributed by atoms with Crippen LogP contribution in [0, 0.1) is 5.92 Å². The zero-order valence-electron chi connectivity index (χ0n) is 12.6. The lowest BCUT2D eigenvalue weighted by molar-refractivity contribution is -0.162. The molecule has 0 spiro atoms. The predicted octanol–water partition coefficient (Wildman–Crippen LogP) is 1.50. The van der Waals surface area contributed by atoms with Crippen LogP contribution >= 0.6 is 12.2 Å². The first kappa shape index (κ1) is 14.9. The number of thiocarbonyl (C=S) groups is 1. The Morgan fingerprint density at radius 1 is 1.50 bits per heavy atom. The lowest BCUT2D eigenvalue weighted by Crippen LogP contribution is -2.70. The Morgan fingerprint density at radius 3 is 2.95 bits per heavy atom. The number of hydrogen-bond acceptors (Lipinski definition) is 5. The van der Waals surface area contributed by atoms with Crippen LogP contribution in [0.15, 0.2) is 18.2 Å². The smallest absolute Gasteiger partial charge is 0.317 e. The van der Waals surface area contributed by atoms with E-state index < -0.39 is 11.6 Å². The molecule has 118 valence electrons. The molecule has 7 heteroatoms. The quantitative estimate of drug-likeness (QED) is 0.645. The minimum absolute atomic E-state index is 0.313. The van der Waals surface area contributed by atoms with Crippen molar-refractivity contribution < 1.29 is 19.0 Å². The Hall–Kier alpha value is -2.02. The van der Waals surface area contributed by atoms with Gasteiger partial charge in [0.1, 0.15) is 17.4 Å². The second-order valence-electron chi connectivity index (χ2n) is 5.42. The highest BCUT2D eigenvalue weighted by Gasteiger charge is 2.55. The van der Waals surface area contributed by atoms with Gasteiger partial charge in [-0.2, -0.15) is 0 Å². The van der Waals surface area contributed by atoms with Crippen molar-refractivity contribution in [2.75, 3.05) is 13.7 Å². The highest BCUT2D eigenvalue weighted by Crippen LogP contribution is 2.46. The van der Waals surface area contributed by atoms with E-state index in [1.165, 1.54) is 0 Å². The molecule has 0 aromatic heterocycles. The highest BCUT2D eigenvalue weighted by atomic mass is 32.1. The van der Waals surface area contributed by atoms with Gasteiger partial charge in [0, 0.05) is 5.56 Å². The van der Waals surface area contributed by atoms with Crippen LogP contribution in [-0.4, -0.2) is 30.5 Å². The van der Waals surface area contributed by atoms with Crippen molar-refractivity contribution in [3.8, 4) is 11.5 Å². The standard InChI is InChI=1S/C15H18N2O4S/c1-4-20-13(18)11-12-9-7-8(19-3)5-6-10(9)21-15(11,2)17-14(22)16-12/h5-7,11-12H,4H2,1-3H3,(H2,16,17,22)/t11-,12-,15-/m0/s1. The van der Waals surface area contributed by atoms with Crippen molar-refractivity contribution in [2.24, 2.45) is 5.92 Å². The second kappa shape index (κ2) is 5.31. The number of nitrogens with one attached hydrogen (secondary N) is 2. The summed E-state index contributed by atoms with van der Waals surface area (Å²) in [6.45, 7) is 3.90. The molecule has 1 saturated heterocycles. The van der Waals surface area contributed by atoms with E-state index in [0.29, 0.717) is 23.2 Å². The Kier molecular flexibility index (Phi) is 3.60. The van der Waals surface area contributed by atoms with E-state index in [4.69, 9.17) is 26.4 Å². The summed E-state index contributed by atoms with van der Waals surface area (Å²) in [6.07, 6.45) is 0. The van der Waals surface area contributed by atoms with Gasteiger partial charge in [-0.05, 0) is 44.3 Å². The van der Waals surface area contributed by atoms with Crippen LogP contribution in [0.4, 0.5) is 0 Å². The molecule has 0 unspecified atom stereocenters. The van der Waals surface area contributed by atoms with Crippen molar-refractivity contribution in [3.63, 3.8) is 0 Å². The van der Waals surface area contributed by atoms with Crippen LogP contribution in [-0.2, 0) is 9.53 Å². The van der Waals surface area contributed by atoms with Crippen molar-refractivity contribution in [1.82, 2.24) is 10.6 Å². The third kappa shape index (κ3) is 2.25. The number of hydrogen-bond donors (Lipinski definition) is 2. The molecular weight excluding hydrogens is 304 g/mol. The van der Waals surface area contributed by atoms with Gasteiger partial charge in [-0.25, -0.2) is 0 Å². The van der Waals surface area contributed by atoms with Crippen molar-refractivity contribution >= 4 is 23.3 Å². The molecule has 2 N–H and O–H groups in total. The number of ether oxygens (including phenoxy) is 3. The monoisotopic (exact) mass is 322 g/mol.